The first-order chi connectivity index (χ1) is 12.5. The summed E-state index contributed by atoms with van der Waals surface area (Å²) in [4.78, 5) is 24.2. The Morgan fingerprint density at radius 2 is 1.81 bits per heavy atom. The van der Waals surface area contributed by atoms with Crippen LogP contribution < -0.4 is 16.1 Å². The monoisotopic (exact) mass is 408 g/mol. The Labute approximate surface area is 164 Å². The van der Waals surface area contributed by atoms with Crippen LogP contribution in [0.25, 0.3) is 0 Å². The Hall–Kier alpha value is -2.22. The van der Waals surface area contributed by atoms with Gasteiger partial charge in [0.05, 0.1) is 5.69 Å². The second-order valence-corrected chi connectivity index (χ2v) is 7.47. The zero-order valence-electron chi connectivity index (χ0n) is 13.3. The van der Waals surface area contributed by atoms with Crippen LogP contribution in [0.15, 0.2) is 53.6 Å². The highest BCUT2D eigenvalue weighted by atomic mass is 35.5. The SMILES string of the molecule is O=C(C[C@H]1S/C(=N/Nc2ccccc2)NC1=O)Nc1cc(Cl)cc(Cl)c1. The van der Waals surface area contributed by atoms with E-state index in [0.29, 0.717) is 20.9 Å². The standard InChI is InChI=1S/C17H14Cl2N4O2S/c18-10-6-11(19)8-13(7-10)20-15(24)9-14-16(25)21-17(26-14)23-22-12-4-2-1-3-5-12/h1-8,14,22H,9H2,(H,20,24)(H,21,23,25)/t14-/m1/s1. The van der Waals surface area contributed by atoms with Gasteiger partial charge in [-0.2, -0.15) is 0 Å². The molecule has 0 saturated carbocycles. The number of thioether (sulfide) groups is 1. The molecule has 2 amide bonds. The van der Waals surface area contributed by atoms with Crippen molar-refractivity contribution in [2.24, 2.45) is 5.10 Å². The maximum Gasteiger partial charge on any atom is 0.240 e. The summed E-state index contributed by atoms with van der Waals surface area (Å²) in [5, 5.41) is 10.2. The highest BCUT2D eigenvalue weighted by Crippen LogP contribution is 2.25. The number of halogens is 2. The lowest BCUT2D eigenvalue weighted by molar-refractivity contribution is -0.122. The van der Waals surface area contributed by atoms with Crippen molar-refractivity contribution in [3.05, 3.63) is 58.6 Å². The van der Waals surface area contributed by atoms with Crippen LogP contribution in [-0.2, 0) is 9.59 Å². The summed E-state index contributed by atoms with van der Waals surface area (Å²) in [6.07, 6.45) is 0.00495. The van der Waals surface area contributed by atoms with E-state index in [1.807, 2.05) is 30.3 Å². The zero-order valence-corrected chi connectivity index (χ0v) is 15.7. The van der Waals surface area contributed by atoms with Crippen molar-refractivity contribution >= 4 is 63.3 Å². The summed E-state index contributed by atoms with van der Waals surface area (Å²) < 4.78 is 0. The van der Waals surface area contributed by atoms with Crippen molar-refractivity contribution in [3.8, 4) is 0 Å². The Kier molecular flexibility index (Phi) is 6.03. The van der Waals surface area contributed by atoms with Gasteiger partial charge in [-0.25, -0.2) is 0 Å². The molecule has 0 bridgehead atoms. The molecule has 1 atom stereocenters. The van der Waals surface area contributed by atoms with Crippen LogP contribution in [0.2, 0.25) is 10.0 Å². The van der Waals surface area contributed by atoms with Crippen LogP contribution in [0.1, 0.15) is 6.42 Å². The molecule has 1 aliphatic rings. The smallest absolute Gasteiger partial charge is 0.240 e. The Morgan fingerprint density at radius 3 is 2.50 bits per heavy atom. The number of para-hydroxylation sites is 1. The number of hydrazone groups is 1. The number of rotatable bonds is 5. The molecule has 2 aromatic carbocycles. The zero-order chi connectivity index (χ0) is 18.5. The molecule has 0 unspecified atom stereocenters. The molecule has 0 radical (unpaired) electrons. The van der Waals surface area contributed by atoms with E-state index in [1.54, 1.807) is 18.2 Å². The molecular formula is C17H14Cl2N4O2S. The van der Waals surface area contributed by atoms with E-state index in [4.69, 9.17) is 23.2 Å². The first-order valence-electron chi connectivity index (χ1n) is 7.62. The minimum absolute atomic E-state index is 0.00495. The third-order valence-corrected chi connectivity index (χ3v) is 4.87. The summed E-state index contributed by atoms with van der Waals surface area (Å²) in [6.45, 7) is 0. The van der Waals surface area contributed by atoms with Gasteiger partial charge in [-0.05, 0) is 30.3 Å². The van der Waals surface area contributed by atoms with E-state index in [9.17, 15) is 9.59 Å². The number of nitrogens with one attached hydrogen (secondary N) is 3. The number of anilines is 2. The average Bonchev–Trinajstić information content (AvgIpc) is 2.92. The van der Waals surface area contributed by atoms with Crippen LogP contribution in [0.3, 0.4) is 0 Å². The van der Waals surface area contributed by atoms with Crippen LogP contribution in [0.4, 0.5) is 11.4 Å². The van der Waals surface area contributed by atoms with Gasteiger partial charge < -0.3 is 10.6 Å². The summed E-state index contributed by atoms with van der Waals surface area (Å²) >= 11 is 13.0. The van der Waals surface area contributed by atoms with Gasteiger partial charge in [0.1, 0.15) is 5.25 Å². The van der Waals surface area contributed by atoms with E-state index in [-0.39, 0.29) is 18.2 Å². The van der Waals surface area contributed by atoms with Crippen molar-refractivity contribution in [2.75, 3.05) is 10.7 Å². The van der Waals surface area contributed by atoms with Crippen LogP contribution >= 0.6 is 35.0 Å². The Morgan fingerprint density at radius 1 is 1.12 bits per heavy atom. The normalized spacial score (nSPS) is 17.8. The largest absolute Gasteiger partial charge is 0.326 e. The molecule has 134 valence electrons. The van der Waals surface area contributed by atoms with E-state index in [2.05, 4.69) is 21.2 Å². The summed E-state index contributed by atoms with van der Waals surface area (Å²) in [7, 11) is 0. The fourth-order valence-corrected chi connectivity index (χ4v) is 3.68. The number of amidine groups is 1. The van der Waals surface area contributed by atoms with E-state index >= 15 is 0 Å². The fraction of sp³-hybridized carbons (Fsp3) is 0.118. The van der Waals surface area contributed by atoms with Gasteiger partial charge >= 0.3 is 0 Å². The van der Waals surface area contributed by atoms with E-state index in [0.717, 1.165) is 5.69 Å². The van der Waals surface area contributed by atoms with Crippen molar-refractivity contribution < 1.29 is 9.59 Å². The topological polar surface area (TPSA) is 82.6 Å². The van der Waals surface area contributed by atoms with Crippen molar-refractivity contribution in [2.45, 2.75) is 11.7 Å². The molecule has 0 aromatic heterocycles. The number of carbonyl (C=O) groups is 2. The molecule has 3 N–H and O–H groups in total. The molecule has 1 heterocycles. The maximum atomic E-state index is 12.2. The molecule has 1 saturated heterocycles. The number of carbonyl (C=O) groups excluding carboxylic acids is 2. The van der Waals surface area contributed by atoms with E-state index in [1.165, 1.54) is 11.8 Å². The van der Waals surface area contributed by atoms with Crippen molar-refractivity contribution in [1.29, 1.82) is 0 Å². The second kappa shape index (κ2) is 8.44. The fourth-order valence-electron chi connectivity index (χ4n) is 2.23. The van der Waals surface area contributed by atoms with Crippen molar-refractivity contribution in [3.63, 3.8) is 0 Å². The maximum absolute atomic E-state index is 12.2. The van der Waals surface area contributed by atoms with Gasteiger partial charge in [0.15, 0.2) is 5.17 Å². The third kappa shape index (κ3) is 5.14. The number of nitrogens with zero attached hydrogens (tertiary/aromatic N) is 1. The predicted molar refractivity (Wildman–Crippen MR) is 107 cm³/mol. The van der Waals surface area contributed by atoms with Gasteiger partial charge in [-0.3, -0.25) is 15.0 Å². The molecule has 3 rings (SSSR count). The molecule has 26 heavy (non-hydrogen) atoms. The Bertz CT molecular complexity index is 841. The highest BCUT2D eigenvalue weighted by Gasteiger charge is 2.32. The average molecular weight is 409 g/mol. The lowest BCUT2D eigenvalue weighted by Gasteiger charge is -2.08. The van der Waals surface area contributed by atoms with Crippen molar-refractivity contribution in [1.82, 2.24) is 5.32 Å². The lowest BCUT2D eigenvalue weighted by Crippen LogP contribution is -2.28. The summed E-state index contributed by atoms with van der Waals surface area (Å²) in [5.41, 5.74) is 4.14. The first-order valence-corrected chi connectivity index (χ1v) is 9.25. The number of hydrogen-bond donors (Lipinski definition) is 3. The molecule has 9 heteroatoms. The van der Waals surface area contributed by atoms with Gasteiger partial charge in [0.2, 0.25) is 11.8 Å². The molecule has 1 aliphatic heterocycles. The van der Waals surface area contributed by atoms with Gasteiger partial charge in [0, 0.05) is 22.2 Å². The van der Waals surface area contributed by atoms with Gasteiger partial charge in [0.25, 0.3) is 0 Å². The molecule has 2 aromatic rings. The number of hydrogen-bond acceptors (Lipinski definition) is 5. The Balaban J connectivity index is 1.56. The number of amides is 2. The molecule has 0 spiro atoms. The molecule has 1 fully saturated rings. The second-order valence-electron chi connectivity index (χ2n) is 5.40. The van der Waals surface area contributed by atoms with Crippen LogP contribution in [0.5, 0.6) is 0 Å². The lowest BCUT2D eigenvalue weighted by atomic mass is 10.2. The predicted octanol–water partition coefficient (Wildman–Crippen LogP) is 3.94. The summed E-state index contributed by atoms with van der Waals surface area (Å²) in [6, 6.07) is 14.1. The quantitative estimate of drug-likeness (QED) is 0.654. The van der Waals surface area contributed by atoms with Crippen LogP contribution in [-0.4, -0.2) is 22.2 Å². The first kappa shape index (κ1) is 18.6. The third-order valence-electron chi connectivity index (χ3n) is 3.35. The van der Waals surface area contributed by atoms with E-state index < -0.39 is 5.25 Å². The summed E-state index contributed by atoms with van der Waals surface area (Å²) in [5.74, 6) is -0.573. The molecule has 0 aliphatic carbocycles. The minimum Gasteiger partial charge on any atom is -0.326 e. The van der Waals surface area contributed by atoms with Gasteiger partial charge in [-0.15, -0.1) is 5.10 Å². The minimum atomic E-state index is -0.555. The highest BCUT2D eigenvalue weighted by molar-refractivity contribution is 8.15. The number of benzene rings is 2. The molecular weight excluding hydrogens is 395 g/mol. The van der Waals surface area contributed by atoms with Crippen LogP contribution in [0, 0.1) is 0 Å². The van der Waals surface area contributed by atoms with Gasteiger partial charge in [-0.1, -0.05) is 53.2 Å². The molecule has 6 nitrogen and oxygen atoms in total.